The summed E-state index contributed by atoms with van der Waals surface area (Å²) in [4.78, 5) is 2.30. The smallest absolute Gasteiger partial charge is 0.0823 e. The van der Waals surface area contributed by atoms with Gasteiger partial charge in [-0.2, -0.15) is 0 Å². The van der Waals surface area contributed by atoms with Gasteiger partial charge in [-0.25, -0.2) is 0 Å². The fraction of sp³-hybridized carbons (Fsp3) is 1.00. The number of hydrogen-bond donors (Lipinski definition) is 0. The predicted molar refractivity (Wildman–Crippen MR) is 44.8 cm³/mol. The van der Waals surface area contributed by atoms with E-state index in [0.29, 0.717) is 12.2 Å². The average molecular weight is 176 g/mol. The predicted octanol–water partition coefficient (Wildman–Crippen LogP) is 1.43. The van der Waals surface area contributed by atoms with E-state index in [1.807, 2.05) is 6.92 Å². The van der Waals surface area contributed by atoms with Gasteiger partial charge in [-0.15, -0.1) is 11.6 Å². The molecule has 0 aromatic heterocycles. The average Bonchev–Trinajstić information content (AvgIpc) is 2.30. The fourth-order valence-electron chi connectivity index (χ4n) is 1.94. The zero-order chi connectivity index (χ0) is 7.84. The van der Waals surface area contributed by atoms with Crippen molar-refractivity contribution in [3.8, 4) is 0 Å². The van der Waals surface area contributed by atoms with Gasteiger partial charge >= 0.3 is 0 Å². The maximum atomic E-state index is 5.99. The fourth-order valence-corrected chi connectivity index (χ4v) is 2.10. The van der Waals surface area contributed by atoms with Gasteiger partial charge in [-0.05, 0) is 19.8 Å². The highest BCUT2D eigenvalue weighted by atomic mass is 35.5. The number of rotatable bonds is 1. The Bertz CT molecular complexity index is 139. The Morgan fingerprint density at radius 1 is 1.36 bits per heavy atom. The first-order valence-electron chi connectivity index (χ1n) is 4.29. The Kier molecular flexibility index (Phi) is 2.08. The molecule has 0 aliphatic carbocycles. The first kappa shape index (κ1) is 7.84. The zero-order valence-electron chi connectivity index (χ0n) is 6.79. The number of likely N-dealkylation sites (tertiary alicyclic amines) is 1. The molecule has 64 valence electrons. The molecule has 0 radical (unpaired) electrons. The van der Waals surface area contributed by atoms with Crippen molar-refractivity contribution in [3.63, 3.8) is 0 Å². The van der Waals surface area contributed by atoms with Crippen LogP contribution in [-0.2, 0) is 4.74 Å². The summed E-state index contributed by atoms with van der Waals surface area (Å²) in [5.74, 6) is 0. The van der Waals surface area contributed by atoms with Gasteiger partial charge in [0, 0.05) is 13.1 Å². The van der Waals surface area contributed by atoms with Crippen molar-refractivity contribution in [1.29, 1.82) is 0 Å². The van der Waals surface area contributed by atoms with Crippen LogP contribution in [0, 0.1) is 0 Å². The molecule has 3 unspecified atom stereocenters. The van der Waals surface area contributed by atoms with Gasteiger partial charge in [0.2, 0.25) is 0 Å². The SMILES string of the molecule is CC(Cl)N1CC2CCC(C1)O2. The monoisotopic (exact) mass is 175 g/mol. The molecule has 0 aromatic rings. The third-order valence-electron chi connectivity index (χ3n) is 2.57. The molecule has 2 rings (SSSR count). The van der Waals surface area contributed by atoms with Crippen molar-refractivity contribution in [1.82, 2.24) is 4.90 Å². The van der Waals surface area contributed by atoms with Gasteiger partial charge in [0.25, 0.3) is 0 Å². The Morgan fingerprint density at radius 3 is 2.36 bits per heavy atom. The van der Waals surface area contributed by atoms with Gasteiger partial charge in [-0.1, -0.05) is 0 Å². The molecule has 11 heavy (non-hydrogen) atoms. The molecule has 2 heterocycles. The minimum Gasteiger partial charge on any atom is -0.372 e. The second kappa shape index (κ2) is 2.92. The number of fused-ring (bicyclic) bond motifs is 2. The summed E-state index contributed by atoms with van der Waals surface area (Å²) in [5.41, 5.74) is 0.169. The third kappa shape index (κ3) is 1.53. The molecular formula is C8H14ClNO. The van der Waals surface area contributed by atoms with Crippen LogP contribution in [0.3, 0.4) is 0 Å². The van der Waals surface area contributed by atoms with E-state index in [1.165, 1.54) is 12.8 Å². The summed E-state index contributed by atoms with van der Waals surface area (Å²) >= 11 is 5.99. The molecule has 2 aliphatic heterocycles. The number of nitrogens with zero attached hydrogens (tertiary/aromatic N) is 1. The molecule has 2 bridgehead atoms. The lowest BCUT2D eigenvalue weighted by Gasteiger charge is -2.33. The second-order valence-electron chi connectivity index (χ2n) is 3.49. The van der Waals surface area contributed by atoms with Crippen molar-refractivity contribution >= 4 is 11.6 Å². The molecule has 0 amide bonds. The van der Waals surface area contributed by atoms with Gasteiger partial charge in [0.1, 0.15) is 0 Å². The van der Waals surface area contributed by atoms with Gasteiger partial charge in [0.15, 0.2) is 0 Å². The summed E-state index contributed by atoms with van der Waals surface area (Å²) < 4.78 is 5.68. The minimum absolute atomic E-state index is 0.169. The number of morpholine rings is 1. The molecule has 0 saturated carbocycles. The van der Waals surface area contributed by atoms with Gasteiger partial charge in [-0.3, -0.25) is 4.90 Å². The van der Waals surface area contributed by atoms with Crippen molar-refractivity contribution in [3.05, 3.63) is 0 Å². The summed E-state index contributed by atoms with van der Waals surface area (Å²) in [7, 11) is 0. The number of ether oxygens (including phenoxy) is 1. The van der Waals surface area contributed by atoms with Crippen molar-refractivity contribution in [2.75, 3.05) is 13.1 Å². The normalized spacial score (nSPS) is 40.9. The highest BCUT2D eigenvalue weighted by Crippen LogP contribution is 2.27. The van der Waals surface area contributed by atoms with Crippen LogP contribution >= 0.6 is 11.6 Å². The van der Waals surface area contributed by atoms with Gasteiger partial charge < -0.3 is 4.74 Å². The summed E-state index contributed by atoms with van der Waals surface area (Å²) in [6, 6.07) is 0. The van der Waals surface area contributed by atoms with E-state index < -0.39 is 0 Å². The Hall–Kier alpha value is 0.210. The number of halogens is 1. The Labute approximate surface area is 72.5 Å². The van der Waals surface area contributed by atoms with Crippen LogP contribution in [0.2, 0.25) is 0 Å². The van der Waals surface area contributed by atoms with E-state index >= 15 is 0 Å². The lowest BCUT2D eigenvalue weighted by Crippen LogP contribution is -2.45. The molecule has 0 N–H and O–H groups in total. The molecule has 3 heteroatoms. The van der Waals surface area contributed by atoms with Crippen LogP contribution in [0.15, 0.2) is 0 Å². The summed E-state index contributed by atoms with van der Waals surface area (Å²) in [6.45, 7) is 4.09. The van der Waals surface area contributed by atoms with Crippen molar-refractivity contribution < 1.29 is 4.74 Å². The van der Waals surface area contributed by atoms with Gasteiger partial charge in [0.05, 0.1) is 17.7 Å². The molecule has 2 aliphatic rings. The maximum absolute atomic E-state index is 5.99. The van der Waals surface area contributed by atoms with Crippen LogP contribution in [0.5, 0.6) is 0 Å². The molecule has 2 nitrogen and oxygen atoms in total. The first-order chi connectivity index (χ1) is 5.25. The van der Waals surface area contributed by atoms with E-state index in [-0.39, 0.29) is 5.50 Å². The summed E-state index contributed by atoms with van der Waals surface area (Å²) in [6.07, 6.45) is 3.39. The minimum atomic E-state index is 0.169. The quantitative estimate of drug-likeness (QED) is 0.442. The number of alkyl halides is 1. The Balaban J connectivity index is 1.97. The molecule has 2 fully saturated rings. The van der Waals surface area contributed by atoms with E-state index in [4.69, 9.17) is 16.3 Å². The molecule has 3 atom stereocenters. The lowest BCUT2D eigenvalue weighted by molar-refractivity contribution is -0.0410. The topological polar surface area (TPSA) is 12.5 Å². The zero-order valence-corrected chi connectivity index (χ0v) is 7.55. The third-order valence-corrected chi connectivity index (χ3v) is 2.85. The van der Waals surface area contributed by atoms with Crippen LogP contribution < -0.4 is 0 Å². The van der Waals surface area contributed by atoms with Crippen LogP contribution in [0.25, 0.3) is 0 Å². The first-order valence-corrected chi connectivity index (χ1v) is 4.73. The van der Waals surface area contributed by atoms with E-state index in [2.05, 4.69) is 4.90 Å². The molecule has 0 aromatic carbocycles. The van der Waals surface area contributed by atoms with Crippen molar-refractivity contribution in [2.45, 2.75) is 37.5 Å². The van der Waals surface area contributed by atoms with E-state index in [9.17, 15) is 0 Å². The number of hydrogen-bond acceptors (Lipinski definition) is 2. The standard InChI is InChI=1S/C8H14ClNO/c1-6(9)10-4-7-2-3-8(5-10)11-7/h6-8H,2-5H2,1H3. The maximum Gasteiger partial charge on any atom is 0.0823 e. The van der Waals surface area contributed by atoms with Crippen LogP contribution in [0.1, 0.15) is 19.8 Å². The molecule has 0 spiro atoms. The van der Waals surface area contributed by atoms with Crippen LogP contribution in [0.4, 0.5) is 0 Å². The van der Waals surface area contributed by atoms with E-state index in [1.54, 1.807) is 0 Å². The van der Waals surface area contributed by atoms with E-state index in [0.717, 1.165) is 13.1 Å². The molecule has 2 saturated heterocycles. The van der Waals surface area contributed by atoms with Crippen LogP contribution in [-0.4, -0.2) is 35.7 Å². The second-order valence-corrected chi connectivity index (χ2v) is 4.12. The Morgan fingerprint density at radius 2 is 1.91 bits per heavy atom. The largest absolute Gasteiger partial charge is 0.372 e. The van der Waals surface area contributed by atoms with Crippen molar-refractivity contribution in [2.24, 2.45) is 0 Å². The molecular weight excluding hydrogens is 162 g/mol. The summed E-state index contributed by atoms with van der Waals surface area (Å²) in [5, 5.41) is 0. The lowest BCUT2D eigenvalue weighted by atomic mass is 10.2. The highest BCUT2D eigenvalue weighted by molar-refractivity contribution is 6.20. The highest BCUT2D eigenvalue weighted by Gasteiger charge is 2.34.